The summed E-state index contributed by atoms with van der Waals surface area (Å²) in [5.74, 6) is 3.55. The first kappa shape index (κ1) is 22.9. The van der Waals surface area contributed by atoms with Crippen LogP contribution in [0, 0.1) is 24.7 Å². The number of aromatic nitrogens is 2. The van der Waals surface area contributed by atoms with Crippen LogP contribution >= 0.6 is 23.2 Å². The predicted octanol–water partition coefficient (Wildman–Crippen LogP) is 7.62. The fraction of sp³-hybridized carbons (Fsp3) is 0.467. The molecule has 186 valence electrons. The van der Waals surface area contributed by atoms with Crippen molar-refractivity contribution < 1.29 is 0 Å². The van der Waals surface area contributed by atoms with E-state index < -0.39 is 0 Å². The van der Waals surface area contributed by atoms with Crippen molar-refractivity contribution in [3.63, 3.8) is 0 Å². The summed E-state index contributed by atoms with van der Waals surface area (Å²) in [5.41, 5.74) is 5.12. The summed E-state index contributed by atoms with van der Waals surface area (Å²) >= 11 is 12.9. The minimum atomic E-state index is 0.0764. The highest BCUT2D eigenvalue weighted by molar-refractivity contribution is 6.32. The number of halogens is 2. The molecule has 0 radical (unpaired) electrons. The molecular formula is C30H32Cl2N4. The van der Waals surface area contributed by atoms with Gasteiger partial charge in [-0.1, -0.05) is 47.5 Å². The molecule has 4 nitrogen and oxygen atoms in total. The number of benzene rings is 2. The zero-order chi connectivity index (χ0) is 24.4. The zero-order valence-corrected chi connectivity index (χ0v) is 22.2. The van der Waals surface area contributed by atoms with Gasteiger partial charge >= 0.3 is 0 Å². The van der Waals surface area contributed by atoms with Crippen LogP contribution in [0.4, 0.5) is 0 Å². The van der Waals surface area contributed by atoms with Gasteiger partial charge in [0.15, 0.2) is 0 Å². The molecular weight excluding hydrogens is 487 g/mol. The molecule has 0 amide bonds. The minimum absolute atomic E-state index is 0.0764. The van der Waals surface area contributed by atoms with Gasteiger partial charge in [-0.15, -0.1) is 0 Å². The van der Waals surface area contributed by atoms with Gasteiger partial charge in [-0.3, -0.25) is 4.99 Å². The van der Waals surface area contributed by atoms with E-state index in [2.05, 4.69) is 24.4 Å². The van der Waals surface area contributed by atoms with E-state index in [1.165, 1.54) is 51.4 Å². The van der Waals surface area contributed by atoms with E-state index in [-0.39, 0.29) is 5.54 Å². The maximum atomic E-state index is 6.70. The summed E-state index contributed by atoms with van der Waals surface area (Å²) in [5, 5.41) is 10.4. The lowest BCUT2D eigenvalue weighted by atomic mass is 9.53. The number of nitrogens with one attached hydrogen (secondary N) is 1. The summed E-state index contributed by atoms with van der Waals surface area (Å²) in [6.07, 6.45) is 10.4. The lowest BCUT2D eigenvalue weighted by molar-refractivity contribution is 0.00154. The Bertz CT molecular complexity index is 1300. The van der Waals surface area contributed by atoms with Crippen LogP contribution in [0.1, 0.15) is 62.6 Å². The maximum Gasteiger partial charge on any atom is 0.150 e. The van der Waals surface area contributed by atoms with Crippen LogP contribution in [-0.2, 0) is 0 Å². The molecule has 5 aliphatic carbocycles. The normalized spacial score (nSPS) is 29.1. The number of nitrogens with zero attached hydrogens (tertiary/aromatic N) is 3. The Balaban J connectivity index is 1.39. The molecule has 1 heterocycles. The third-order valence-electron chi connectivity index (χ3n) is 8.82. The number of hydrogen-bond donors (Lipinski definition) is 1. The predicted molar refractivity (Wildman–Crippen MR) is 147 cm³/mol. The second kappa shape index (κ2) is 8.63. The van der Waals surface area contributed by atoms with Gasteiger partial charge < -0.3 is 5.32 Å². The number of rotatable bonds is 5. The fourth-order valence-corrected chi connectivity index (χ4v) is 7.82. The maximum absolute atomic E-state index is 6.70. The van der Waals surface area contributed by atoms with Crippen molar-refractivity contribution in [2.75, 3.05) is 0 Å². The number of amidine groups is 1. The van der Waals surface area contributed by atoms with Gasteiger partial charge in [-0.2, -0.15) is 5.10 Å². The SMILES string of the molecule is Cc1c(C(=NC23CC4CC(CC(C4)C2)C3)NC2CC2)nn(-c2ccccc2Cl)c1-c1ccc(Cl)cc1. The van der Waals surface area contributed by atoms with E-state index in [0.29, 0.717) is 11.1 Å². The van der Waals surface area contributed by atoms with Crippen LogP contribution in [0.5, 0.6) is 0 Å². The Labute approximate surface area is 223 Å². The Hall–Kier alpha value is -2.30. The molecule has 1 N–H and O–H groups in total. The topological polar surface area (TPSA) is 42.2 Å². The monoisotopic (exact) mass is 518 g/mol. The van der Waals surface area contributed by atoms with Crippen LogP contribution in [0.3, 0.4) is 0 Å². The second-order valence-corrected chi connectivity index (χ2v) is 12.6. The van der Waals surface area contributed by atoms with Crippen LogP contribution in [0.25, 0.3) is 16.9 Å². The molecule has 36 heavy (non-hydrogen) atoms. The lowest BCUT2D eigenvalue weighted by Crippen LogP contribution is -2.50. The summed E-state index contributed by atoms with van der Waals surface area (Å²) in [7, 11) is 0. The van der Waals surface area contributed by atoms with E-state index in [1.54, 1.807) is 0 Å². The smallest absolute Gasteiger partial charge is 0.150 e. The average molecular weight is 520 g/mol. The van der Waals surface area contributed by atoms with E-state index in [4.69, 9.17) is 33.3 Å². The zero-order valence-electron chi connectivity index (χ0n) is 20.7. The molecule has 5 aliphatic rings. The van der Waals surface area contributed by atoms with Crippen molar-refractivity contribution in [2.45, 2.75) is 69.9 Å². The number of hydrogen-bond acceptors (Lipinski definition) is 2. The largest absolute Gasteiger partial charge is 0.366 e. The number of aliphatic imine (C=N–C) groups is 1. The minimum Gasteiger partial charge on any atom is -0.366 e. The van der Waals surface area contributed by atoms with Gasteiger partial charge in [0.2, 0.25) is 0 Å². The van der Waals surface area contributed by atoms with Gasteiger partial charge in [0.1, 0.15) is 11.5 Å². The van der Waals surface area contributed by atoms with Gasteiger partial charge in [0.05, 0.1) is 21.9 Å². The van der Waals surface area contributed by atoms with Crippen molar-refractivity contribution >= 4 is 29.0 Å². The molecule has 0 unspecified atom stereocenters. The van der Waals surface area contributed by atoms with Gasteiger partial charge in [-0.25, -0.2) is 4.68 Å². The fourth-order valence-electron chi connectivity index (χ4n) is 7.48. The molecule has 3 aromatic rings. The molecule has 1 aromatic heterocycles. The van der Waals surface area contributed by atoms with Crippen molar-refractivity contribution in [1.82, 2.24) is 15.1 Å². The molecule has 0 atom stereocenters. The highest BCUT2D eigenvalue weighted by atomic mass is 35.5. The van der Waals surface area contributed by atoms with Crippen molar-refractivity contribution in [3.8, 4) is 16.9 Å². The van der Waals surface area contributed by atoms with Crippen molar-refractivity contribution in [1.29, 1.82) is 0 Å². The second-order valence-electron chi connectivity index (χ2n) is 11.7. The van der Waals surface area contributed by atoms with E-state index in [9.17, 15) is 0 Å². The molecule has 0 aliphatic heterocycles. The Morgan fingerprint density at radius 1 is 0.944 bits per heavy atom. The van der Waals surface area contributed by atoms with Crippen molar-refractivity contribution in [3.05, 3.63) is 69.8 Å². The van der Waals surface area contributed by atoms with E-state index in [0.717, 1.165) is 56.8 Å². The summed E-state index contributed by atoms with van der Waals surface area (Å²) < 4.78 is 2.00. The summed E-state index contributed by atoms with van der Waals surface area (Å²) in [4.78, 5) is 5.63. The molecule has 5 fully saturated rings. The molecule has 0 saturated heterocycles. The van der Waals surface area contributed by atoms with Gasteiger partial charge in [0.25, 0.3) is 0 Å². The quantitative estimate of drug-likeness (QED) is 0.278. The van der Waals surface area contributed by atoms with Crippen LogP contribution < -0.4 is 5.32 Å². The third-order valence-corrected chi connectivity index (χ3v) is 9.39. The van der Waals surface area contributed by atoms with Crippen LogP contribution in [-0.4, -0.2) is 27.2 Å². The van der Waals surface area contributed by atoms with Gasteiger partial charge in [-0.05, 0) is 100 Å². The molecule has 5 saturated carbocycles. The third kappa shape index (κ3) is 4.07. The van der Waals surface area contributed by atoms with E-state index >= 15 is 0 Å². The molecule has 8 rings (SSSR count). The molecule has 2 aromatic carbocycles. The highest BCUT2D eigenvalue weighted by Gasteiger charge is 2.51. The standard InChI is InChI=1S/C30H32Cl2N4/c1-18-27(29(33-24-10-11-24)34-30-15-19-12-20(16-30)14-21(13-19)17-30)35-36(26-5-3-2-4-25(26)32)28(18)22-6-8-23(31)9-7-22/h2-9,19-21,24H,10-17H2,1H3,(H,33,34). The van der Waals surface area contributed by atoms with Crippen molar-refractivity contribution in [2.24, 2.45) is 22.7 Å². The van der Waals surface area contributed by atoms with Gasteiger partial charge in [0, 0.05) is 22.2 Å². The summed E-state index contributed by atoms with van der Waals surface area (Å²) in [6, 6.07) is 16.4. The van der Waals surface area contributed by atoms with Crippen LogP contribution in [0.15, 0.2) is 53.5 Å². The average Bonchev–Trinajstić information content (AvgIpc) is 3.59. The molecule has 4 bridgehead atoms. The first-order valence-corrected chi connectivity index (χ1v) is 14.2. The molecule has 0 spiro atoms. The summed E-state index contributed by atoms with van der Waals surface area (Å²) in [6.45, 7) is 2.17. The first-order chi connectivity index (χ1) is 17.5. The molecule has 6 heteroatoms. The Morgan fingerprint density at radius 2 is 1.58 bits per heavy atom. The Kier molecular flexibility index (Phi) is 5.48. The van der Waals surface area contributed by atoms with E-state index in [1.807, 2.05) is 41.1 Å². The Morgan fingerprint density at radius 3 is 2.19 bits per heavy atom. The highest BCUT2D eigenvalue weighted by Crippen LogP contribution is 2.57. The lowest BCUT2D eigenvalue weighted by Gasteiger charge is -2.55. The number of para-hydroxylation sites is 1. The van der Waals surface area contributed by atoms with Crippen LogP contribution in [0.2, 0.25) is 10.0 Å². The first-order valence-electron chi connectivity index (χ1n) is 13.4.